The normalized spacial score (nSPS) is 11.8. The molecule has 5 heteroatoms. The molecular formula is C17H25NO4. The van der Waals surface area contributed by atoms with Gasteiger partial charge in [-0.15, -0.1) is 0 Å². The van der Waals surface area contributed by atoms with Crippen molar-refractivity contribution < 1.29 is 19.4 Å². The fourth-order valence-electron chi connectivity index (χ4n) is 2.44. The lowest BCUT2D eigenvalue weighted by atomic mass is 9.97. The van der Waals surface area contributed by atoms with Crippen LogP contribution in [0, 0.1) is 5.92 Å². The number of carbonyl (C=O) groups excluding carboxylic acids is 1. The van der Waals surface area contributed by atoms with Crippen LogP contribution in [0.1, 0.15) is 32.3 Å². The molecule has 22 heavy (non-hydrogen) atoms. The van der Waals surface area contributed by atoms with Gasteiger partial charge in [-0.3, -0.25) is 9.59 Å². The predicted octanol–water partition coefficient (Wildman–Crippen LogP) is 2.59. The molecule has 5 nitrogen and oxygen atoms in total. The van der Waals surface area contributed by atoms with Crippen LogP contribution < -0.4 is 4.74 Å². The molecule has 1 amide bonds. The Labute approximate surface area is 131 Å². The van der Waals surface area contributed by atoms with Crippen LogP contribution in [-0.4, -0.2) is 42.1 Å². The van der Waals surface area contributed by atoms with Gasteiger partial charge in [0, 0.05) is 19.5 Å². The largest absolute Gasteiger partial charge is 0.496 e. The van der Waals surface area contributed by atoms with E-state index in [2.05, 4.69) is 0 Å². The molecule has 0 aliphatic heterocycles. The first-order valence-corrected chi connectivity index (χ1v) is 7.59. The number of methoxy groups -OCH3 is 1. The molecule has 1 aromatic carbocycles. The van der Waals surface area contributed by atoms with Gasteiger partial charge >= 0.3 is 5.97 Å². The second-order valence-electron chi connectivity index (χ2n) is 5.44. The molecule has 0 heterocycles. The monoisotopic (exact) mass is 307 g/mol. The summed E-state index contributed by atoms with van der Waals surface area (Å²) in [7, 11) is 1.64. The lowest BCUT2D eigenvalue weighted by molar-refractivity contribution is -0.138. The van der Waals surface area contributed by atoms with Crippen molar-refractivity contribution in [2.75, 3.05) is 20.2 Å². The summed E-state index contributed by atoms with van der Waals surface area (Å²) >= 11 is 0. The molecule has 122 valence electrons. The molecule has 0 aromatic heterocycles. The molecule has 1 atom stereocenters. The minimum Gasteiger partial charge on any atom is -0.496 e. The van der Waals surface area contributed by atoms with Gasteiger partial charge in [0.1, 0.15) is 5.75 Å². The summed E-state index contributed by atoms with van der Waals surface area (Å²) < 4.78 is 5.32. The smallest absolute Gasteiger partial charge is 0.305 e. The molecule has 1 unspecified atom stereocenters. The number of carboxylic acids is 1. The Hall–Kier alpha value is -2.04. The Morgan fingerprint density at radius 1 is 1.32 bits per heavy atom. The molecule has 1 aromatic rings. The van der Waals surface area contributed by atoms with E-state index in [9.17, 15) is 9.59 Å². The number of nitrogens with zero attached hydrogens (tertiary/aromatic N) is 1. The molecule has 0 radical (unpaired) electrons. The Morgan fingerprint density at radius 2 is 2.00 bits per heavy atom. The van der Waals surface area contributed by atoms with Crippen LogP contribution in [0.5, 0.6) is 5.75 Å². The second-order valence-corrected chi connectivity index (χ2v) is 5.44. The number of ether oxygens (including phenoxy) is 1. The maximum Gasteiger partial charge on any atom is 0.305 e. The van der Waals surface area contributed by atoms with Crippen LogP contribution in [-0.2, 0) is 16.0 Å². The Kier molecular flexibility index (Phi) is 7.43. The fourth-order valence-corrected chi connectivity index (χ4v) is 2.44. The van der Waals surface area contributed by atoms with Gasteiger partial charge in [0.05, 0.1) is 13.5 Å². The minimum atomic E-state index is -0.881. The summed E-state index contributed by atoms with van der Waals surface area (Å²) in [5, 5.41) is 8.72. The van der Waals surface area contributed by atoms with Crippen molar-refractivity contribution >= 4 is 11.9 Å². The van der Waals surface area contributed by atoms with Crippen LogP contribution in [0.2, 0.25) is 0 Å². The second kappa shape index (κ2) is 9.07. The highest BCUT2D eigenvalue weighted by Gasteiger charge is 2.17. The van der Waals surface area contributed by atoms with E-state index in [-0.39, 0.29) is 24.8 Å². The summed E-state index contributed by atoms with van der Waals surface area (Å²) in [4.78, 5) is 24.5. The van der Waals surface area contributed by atoms with Gasteiger partial charge in [-0.05, 0) is 30.9 Å². The summed E-state index contributed by atoms with van der Waals surface area (Å²) in [6.07, 6.45) is 1.15. The van der Waals surface area contributed by atoms with E-state index in [0.717, 1.165) is 17.7 Å². The maximum absolute atomic E-state index is 12.2. The van der Waals surface area contributed by atoms with Gasteiger partial charge in [0.2, 0.25) is 5.91 Å². The third-order valence-electron chi connectivity index (χ3n) is 3.61. The quantitative estimate of drug-likeness (QED) is 0.761. The van der Waals surface area contributed by atoms with Crippen LogP contribution in [0.4, 0.5) is 0 Å². The molecule has 0 saturated heterocycles. The first kappa shape index (κ1) is 18.0. The van der Waals surface area contributed by atoms with E-state index in [1.54, 1.807) is 12.0 Å². The molecule has 1 N–H and O–H groups in total. The van der Waals surface area contributed by atoms with E-state index in [4.69, 9.17) is 9.84 Å². The van der Waals surface area contributed by atoms with E-state index in [0.29, 0.717) is 13.0 Å². The van der Waals surface area contributed by atoms with Gasteiger partial charge in [-0.1, -0.05) is 25.1 Å². The summed E-state index contributed by atoms with van der Waals surface area (Å²) in [5.74, 6) is 0.127. The Morgan fingerprint density at radius 3 is 2.59 bits per heavy atom. The highest BCUT2D eigenvalue weighted by Crippen LogP contribution is 2.22. The van der Waals surface area contributed by atoms with Crippen LogP contribution in [0.3, 0.4) is 0 Å². The van der Waals surface area contributed by atoms with Crippen molar-refractivity contribution in [1.82, 2.24) is 4.90 Å². The number of para-hydroxylation sites is 1. The zero-order chi connectivity index (χ0) is 16.5. The van der Waals surface area contributed by atoms with Crippen molar-refractivity contribution in [3.8, 4) is 5.75 Å². The topological polar surface area (TPSA) is 66.8 Å². The van der Waals surface area contributed by atoms with Crippen LogP contribution in [0.15, 0.2) is 24.3 Å². The van der Waals surface area contributed by atoms with Crippen molar-refractivity contribution in [2.24, 2.45) is 5.92 Å². The molecule has 0 bridgehead atoms. The SMILES string of the molecule is CCN(CCC(=O)O)C(=O)CC(C)Cc1ccccc1OC. The summed E-state index contributed by atoms with van der Waals surface area (Å²) in [5.41, 5.74) is 1.08. The molecule has 0 spiro atoms. The predicted molar refractivity (Wildman–Crippen MR) is 85.0 cm³/mol. The van der Waals surface area contributed by atoms with Crippen LogP contribution >= 0.6 is 0 Å². The van der Waals surface area contributed by atoms with Crippen LogP contribution in [0.25, 0.3) is 0 Å². The fraction of sp³-hybridized carbons (Fsp3) is 0.529. The van der Waals surface area contributed by atoms with Gasteiger partial charge in [-0.2, -0.15) is 0 Å². The Bertz CT molecular complexity index is 501. The number of benzene rings is 1. The molecular weight excluding hydrogens is 282 g/mol. The van der Waals surface area contributed by atoms with Gasteiger partial charge in [0.15, 0.2) is 0 Å². The maximum atomic E-state index is 12.2. The van der Waals surface area contributed by atoms with E-state index < -0.39 is 5.97 Å². The lowest BCUT2D eigenvalue weighted by Crippen LogP contribution is -2.34. The number of rotatable bonds is 9. The average Bonchev–Trinajstić information content (AvgIpc) is 2.47. The third-order valence-corrected chi connectivity index (χ3v) is 3.61. The standard InChI is InChI=1S/C17H25NO4/c1-4-18(10-9-17(20)21)16(19)12-13(2)11-14-7-5-6-8-15(14)22-3/h5-8,13H,4,9-12H2,1-3H3,(H,20,21). The van der Waals surface area contributed by atoms with E-state index in [1.165, 1.54) is 0 Å². The highest BCUT2D eigenvalue weighted by atomic mass is 16.5. The number of hydrogen-bond donors (Lipinski definition) is 1. The van der Waals surface area contributed by atoms with Gasteiger partial charge in [0.25, 0.3) is 0 Å². The first-order valence-electron chi connectivity index (χ1n) is 7.59. The third kappa shape index (κ3) is 5.76. The van der Waals surface area contributed by atoms with Crippen molar-refractivity contribution in [2.45, 2.75) is 33.1 Å². The van der Waals surface area contributed by atoms with E-state index >= 15 is 0 Å². The number of carboxylic acid groups (broad SMARTS) is 1. The van der Waals surface area contributed by atoms with Crippen molar-refractivity contribution in [3.05, 3.63) is 29.8 Å². The zero-order valence-corrected chi connectivity index (χ0v) is 13.5. The highest BCUT2D eigenvalue weighted by molar-refractivity contribution is 5.77. The van der Waals surface area contributed by atoms with Gasteiger partial charge in [-0.25, -0.2) is 0 Å². The lowest BCUT2D eigenvalue weighted by Gasteiger charge is -2.22. The van der Waals surface area contributed by atoms with E-state index in [1.807, 2.05) is 38.1 Å². The Balaban J connectivity index is 2.57. The van der Waals surface area contributed by atoms with Crippen molar-refractivity contribution in [1.29, 1.82) is 0 Å². The molecule has 1 rings (SSSR count). The summed E-state index contributed by atoms with van der Waals surface area (Å²) in [6.45, 7) is 4.69. The summed E-state index contributed by atoms with van der Waals surface area (Å²) in [6, 6.07) is 7.79. The zero-order valence-electron chi connectivity index (χ0n) is 13.5. The minimum absolute atomic E-state index is 0.00569. The van der Waals surface area contributed by atoms with Gasteiger partial charge < -0.3 is 14.7 Å². The first-order chi connectivity index (χ1) is 10.5. The molecule has 0 fully saturated rings. The number of aliphatic carboxylic acids is 1. The number of amides is 1. The van der Waals surface area contributed by atoms with Crippen molar-refractivity contribution in [3.63, 3.8) is 0 Å². The number of hydrogen-bond acceptors (Lipinski definition) is 3. The molecule has 0 aliphatic rings. The molecule has 0 saturated carbocycles. The molecule has 0 aliphatic carbocycles. The average molecular weight is 307 g/mol. The number of carbonyl (C=O) groups is 2.